The Balaban J connectivity index is 1.13. The highest BCUT2D eigenvalue weighted by Gasteiger charge is 2.27. The van der Waals surface area contributed by atoms with Crippen LogP contribution >= 0.6 is 11.6 Å². The minimum Gasteiger partial charge on any atom is -0.477 e. The average molecular weight is 786 g/mol. The van der Waals surface area contributed by atoms with Crippen LogP contribution in [-0.4, -0.2) is 122 Å². The molecule has 0 spiro atoms. The number of carboxylic acids is 1. The molecule has 1 fully saturated rings. The summed E-state index contributed by atoms with van der Waals surface area (Å²) < 4.78 is 7.21. The van der Waals surface area contributed by atoms with E-state index in [-0.39, 0.29) is 35.0 Å². The summed E-state index contributed by atoms with van der Waals surface area (Å²) in [6, 6.07) is 16.0. The van der Waals surface area contributed by atoms with Crippen LogP contribution in [0.1, 0.15) is 28.9 Å². The number of nitrogens with zero attached hydrogens (tertiary/aromatic N) is 6. The lowest BCUT2D eigenvalue weighted by Crippen LogP contribution is -2.49. The second kappa shape index (κ2) is 17.8. The molecule has 0 radical (unpaired) electrons. The van der Waals surface area contributed by atoms with Crippen LogP contribution in [0, 0.1) is 0 Å². The van der Waals surface area contributed by atoms with E-state index in [1.807, 2.05) is 14.1 Å². The molecule has 18 nitrogen and oxygen atoms in total. The summed E-state index contributed by atoms with van der Waals surface area (Å²) in [6.07, 6.45) is 2.87. The molecule has 1 atom stereocenters. The Morgan fingerprint density at radius 3 is 2.39 bits per heavy atom. The fourth-order valence-electron chi connectivity index (χ4n) is 6.04. The van der Waals surface area contributed by atoms with Crippen molar-refractivity contribution in [1.29, 1.82) is 0 Å². The standard InChI is InChI=1S/C37H40ClN11O7/c1-47(2)15-16-56-27-11-13-48(14-12-27)37(55)41-25-6-3-22(4-7-25)17-30(33(50)40-26-8-9-28-23(18-26)19-31(42-28)36(53)54)44-35(52)34(51)43-29-20-24(38)5-10-32(29)49-21-39-45-46-49/h3-10,18-21,27,30,42H,11-17H2,1-2H3,(H,40,50)(H,41,55)(H,43,51)(H,44,52)(H,53,54)/t30-/m0/s1. The number of hydrogen-bond donors (Lipinski definition) is 6. The number of H-pyrrole nitrogens is 1. The molecule has 3 aromatic carbocycles. The van der Waals surface area contributed by atoms with Gasteiger partial charge in [-0.15, -0.1) is 5.10 Å². The summed E-state index contributed by atoms with van der Waals surface area (Å²) in [5.74, 6) is -3.99. The van der Waals surface area contributed by atoms with E-state index in [4.69, 9.17) is 16.3 Å². The molecule has 6 rings (SSSR count). The number of aromatic amines is 1. The molecule has 1 saturated heterocycles. The zero-order valence-electron chi connectivity index (χ0n) is 30.5. The first-order valence-electron chi connectivity index (χ1n) is 17.6. The number of aromatic carboxylic acids is 1. The topological polar surface area (TPSA) is 229 Å². The number of nitrogens with one attached hydrogen (secondary N) is 5. The van der Waals surface area contributed by atoms with Gasteiger partial charge in [-0.2, -0.15) is 4.68 Å². The zero-order valence-corrected chi connectivity index (χ0v) is 31.2. The van der Waals surface area contributed by atoms with Gasteiger partial charge in [0.25, 0.3) is 0 Å². The highest BCUT2D eigenvalue weighted by Crippen LogP contribution is 2.25. The SMILES string of the molecule is CN(C)CCOC1CCN(C(=O)Nc2ccc(C[C@H](NC(=O)C(=O)Nc3cc(Cl)ccc3-n3cnnn3)C(=O)Nc3ccc4[nH]c(C(=O)O)cc4c3)cc2)CC1. The Labute approximate surface area is 325 Å². The number of anilines is 3. The van der Waals surface area contributed by atoms with Gasteiger partial charge in [-0.05, 0) is 97.5 Å². The first-order valence-corrected chi connectivity index (χ1v) is 18.0. The van der Waals surface area contributed by atoms with Crippen LogP contribution < -0.4 is 21.3 Å². The lowest BCUT2D eigenvalue weighted by atomic mass is 10.0. The van der Waals surface area contributed by atoms with Gasteiger partial charge in [-0.1, -0.05) is 23.7 Å². The number of fused-ring (bicyclic) bond motifs is 1. The van der Waals surface area contributed by atoms with Crippen molar-refractivity contribution < 1.29 is 33.8 Å². The van der Waals surface area contributed by atoms with Crippen LogP contribution in [0.3, 0.4) is 0 Å². The van der Waals surface area contributed by atoms with E-state index in [0.717, 1.165) is 19.4 Å². The number of carboxylic acid groups (broad SMARTS) is 1. The molecule has 1 aliphatic heterocycles. The van der Waals surface area contributed by atoms with Crippen LogP contribution in [0.2, 0.25) is 5.02 Å². The molecule has 0 aliphatic carbocycles. The van der Waals surface area contributed by atoms with E-state index in [1.54, 1.807) is 59.5 Å². The number of benzene rings is 3. The molecule has 0 saturated carbocycles. The summed E-state index contributed by atoms with van der Waals surface area (Å²) in [5.41, 5.74) is 2.48. The normalized spacial score (nSPS) is 13.7. The Morgan fingerprint density at radius 2 is 1.70 bits per heavy atom. The van der Waals surface area contributed by atoms with Gasteiger partial charge in [0.1, 0.15) is 18.1 Å². The predicted molar refractivity (Wildman–Crippen MR) is 207 cm³/mol. The number of halogens is 1. The molecule has 0 bridgehead atoms. The predicted octanol–water partition coefficient (Wildman–Crippen LogP) is 3.37. The van der Waals surface area contributed by atoms with Crippen molar-refractivity contribution >= 4 is 69.3 Å². The van der Waals surface area contributed by atoms with Gasteiger partial charge in [0.05, 0.1) is 24.1 Å². The van der Waals surface area contributed by atoms with Crippen LogP contribution in [0.25, 0.3) is 16.6 Å². The number of hydrogen-bond acceptors (Lipinski definition) is 10. The smallest absolute Gasteiger partial charge is 0.352 e. The average Bonchev–Trinajstić information content (AvgIpc) is 3.86. The van der Waals surface area contributed by atoms with Gasteiger partial charge in [-0.25, -0.2) is 9.59 Å². The van der Waals surface area contributed by atoms with Crippen molar-refractivity contribution in [3.8, 4) is 5.69 Å². The van der Waals surface area contributed by atoms with E-state index in [1.165, 1.54) is 23.1 Å². The number of aromatic nitrogens is 5. The second-order valence-electron chi connectivity index (χ2n) is 13.4. The third kappa shape index (κ3) is 10.2. The fraction of sp³-hybridized carbons (Fsp3) is 0.297. The van der Waals surface area contributed by atoms with Crippen LogP contribution in [0.5, 0.6) is 0 Å². The van der Waals surface area contributed by atoms with E-state index in [9.17, 15) is 29.1 Å². The number of urea groups is 1. The summed E-state index contributed by atoms with van der Waals surface area (Å²) in [4.78, 5) is 71.4. The molecule has 2 aromatic heterocycles. The van der Waals surface area contributed by atoms with Crippen LogP contribution in [0.15, 0.2) is 73.1 Å². The van der Waals surface area contributed by atoms with Crippen molar-refractivity contribution in [2.75, 3.05) is 56.3 Å². The Bertz CT molecular complexity index is 2200. The summed E-state index contributed by atoms with van der Waals surface area (Å²) in [7, 11) is 3.98. The van der Waals surface area contributed by atoms with E-state index in [2.05, 4.69) is 46.7 Å². The third-order valence-corrected chi connectivity index (χ3v) is 9.25. The monoisotopic (exact) mass is 785 g/mol. The molecule has 19 heteroatoms. The van der Waals surface area contributed by atoms with Crippen molar-refractivity contribution in [3.05, 3.63) is 89.3 Å². The maximum Gasteiger partial charge on any atom is 0.352 e. The number of carbonyl (C=O) groups is 5. The second-order valence-corrected chi connectivity index (χ2v) is 13.8. The maximum absolute atomic E-state index is 13.8. The molecule has 5 aromatic rings. The van der Waals surface area contributed by atoms with Gasteiger partial charge in [0.2, 0.25) is 5.91 Å². The van der Waals surface area contributed by atoms with Crippen LogP contribution in [-0.2, 0) is 25.5 Å². The van der Waals surface area contributed by atoms with Gasteiger partial charge in [0, 0.05) is 53.4 Å². The first-order chi connectivity index (χ1) is 26.9. The summed E-state index contributed by atoms with van der Waals surface area (Å²) >= 11 is 6.17. The number of tetrazole rings is 1. The number of piperidine rings is 1. The van der Waals surface area contributed by atoms with Gasteiger partial charge >= 0.3 is 23.8 Å². The number of rotatable bonds is 13. The van der Waals surface area contributed by atoms with Crippen molar-refractivity contribution in [3.63, 3.8) is 0 Å². The molecule has 1 aliphatic rings. The third-order valence-electron chi connectivity index (χ3n) is 9.02. The highest BCUT2D eigenvalue weighted by atomic mass is 35.5. The Morgan fingerprint density at radius 1 is 0.946 bits per heavy atom. The van der Waals surface area contributed by atoms with Crippen LogP contribution in [0.4, 0.5) is 21.9 Å². The minimum absolute atomic E-state index is 0.0208. The zero-order chi connectivity index (χ0) is 39.8. The Hall–Kier alpha value is -6.37. The van der Waals surface area contributed by atoms with Gasteiger partial charge < -0.3 is 45.9 Å². The largest absolute Gasteiger partial charge is 0.477 e. The van der Waals surface area contributed by atoms with E-state index < -0.39 is 29.7 Å². The van der Waals surface area contributed by atoms with E-state index >= 15 is 0 Å². The molecule has 292 valence electrons. The molecule has 5 amide bonds. The van der Waals surface area contributed by atoms with Crippen molar-refractivity contribution in [1.82, 2.24) is 40.3 Å². The molecule has 56 heavy (non-hydrogen) atoms. The molecular formula is C37H40ClN11O7. The lowest BCUT2D eigenvalue weighted by molar-refractivity contribution is -0.137. The van der Waals surface area contributed by atoms with Crippen molar-refractivity contribution in [2.24, 2.45) is 0 Å². The molecule has 6 N–H and O–H groups in total. The number of likely N-dealkylation sites (N-methyl/N-ethyl adjacent to an activating group) is 1. The summed E-state index contributed by atoms with van der Waals surface area (Å²) in [5, 5.41) is 31.9. The van der Waals surface area contributed by atoms with Crippen molar-refractivity contribution in [2.45, 2.75) is 31.4 Å². The lowest BCUT2D eigenvalue weighted by Gasteiger charge is -2.32. The number of likely N-dealkylation sites (tertiary alicyclic amines) is 1. The summed E-state index contributed by atoms with van der Waals surface area (Å²) in [6.45, 7) is 2.60. The molecular weight excluding hydrogens is 746 g/mol. The first kappa shape index (κ1) is 39.3. The fourth-order valence-corrected chi connectivity index (χ4v) is 6.21. The minimum atomic E-state index is -1.26. The van der Waals surface area contributed by atoms with Gasteiger partial charge in [0.15, 0.2) is 0 Å². The molecule has 0 unspecified atom stereocenters. The quantitative estimate of drug-likeness (QED) is 0.0949. The number of amides is 5. The highest BCUT2D eigenvalue weighted by molar-refractivity contribution is 6.40. The van der Waals surface area contributed by atoms with Gasteiger partial charge in [-0.3, -0.25) is 14.4 Å². The Kier molecular flexibility index (Phi) is 12.5. The van der Waals surface area contributed by atoms with E-state index in [0.29, 0.717) is 53.2 Å². The number of carbonyl (C=O) groups excluding carboxylic acids is 4. The number of ether oxygens (including phenoxy) is 1. The molecule has 3 heterocycles. The maximum atomic E-state index is 13.8.